The Morgan fingerprint density at radius 3 is 2.35 bits per heavy atom. The molecule has 1 rings (SSSR count). The Kier molecular flexibility index (Phi) is 4.93. The fraction of sp³-hybridized carbons (Fsp3) is 0.833. The van der Waals surface area contributed by atoms with Crippen molar-refractivity contribution >= 4 is 11.8 Å². The number of rotatable bonds is 3. The van der Waals surface area contributed by atoms with E-state index in [0.29, 0.717) is 0 Å². The van der Waals surface area contributed by atoms with Crippen LogP contribution in [0.1, 0.15) is 33.6 Å². The van der Waals surface area contributed by atoms with Crippen molar-refractivity contribution < 1.29 is 9.59 Å². The van der Waals surface area contributed by atoms with E-state index in [1.807, 2.05) is 20.8 Å². The van der Waals surface area contributed by atoms with Crippen LogP contribution in [0.5, 0.6) is 0 Å². The molecule has 0 saturated carbocycles. The van der Waals surface area contributed by atoms with Gasteiger partial charge in [-0.2, -0.15) is 0 Å². The maximum atomic E-state index is 11.7. The van der Waals surface area contributed by atoms with Crippen molar-refractivity contribution in [2.75, 3.05) is 19.6 Å². The summed E-state index contributed by atoms with van der Waals surface area (Å²) < 4.78 is 0. The van der Waals surface area contributed by atoms with E-state index < -0.39 is 0 Å². The SMILES string of the molecule is CC(C)(C)NC(=O)CNC(=O)C1CCNCC1. The number of hydrogen-bond donors (Lipinski definition) is 3. The van der Waals surface area contributed by atoms with Crippen molar-refractivity contribution in [2.45, 2.75) is 39.2 Å². The molecule has 0 aromatic rings. The van der Waals surface area contributed by atoms with Crippen molar-refractivity contribution in [2.24, 2.45) is 5.92 Å². The van der Waals surface area contributed by atoms with Crippen LogP contribution in [0.2, 0.25) is 0 Å². The predicted molar refractivity (Wildman–Crippen MR) is 66.5 cm³/mol. The largest absolute Gasteiger partial charge is 0.350 e. The first-order chi connectivity index (χ1) is 7.88. The smallest absolute Gasteiger partial charge is 0.239 e. The minimum Gasteiger partial charge on any atom is -0.350 e. The topological polar surface area (TPSA) is 70.2 Å². The zero-order chi connectivity index (χ0) is 12.9. The van der Waals surface area contributed by atoms with E-state index in [2.05, 4.69) is 16.0 Å². The van der Waals surface area contributed by atoms with E-state index in [0.717, 1.165) is 25.9 Å². The molecule has 0 unspecified atom stereocenters. The number of piperidine rings is 1. The quantitative estimate of drug-likeness (QED) is 0.652. The summed E-state index contributed by atoms with van der Waals surface area (Å²) in [6.07, 6.45) is 1.71. The summed E-state index contributed by atoms with van der Waals surface area (Å²) in [6.45, 7) is 7.58. The molecule has 0 aromatic carbocycles. The minimum atomic E-state index is -0.253. The van der Waals surface area contributed by atoms with E-state index in [9.17, 15) is 9.59 Å². The first kappa shape index (κ1) is 14.0. The number of carbonyl (C=O) groups excluding carboxylic acids is 2. The van der Waals surface area contributed by atoms with Gasteiger partial charge in [0.2, 0.25) is 11.8 Å². The lowest BCUT2D eigenvalue weighted by atomic mass is 9.97. The summed E-state index contributed by atoms with van der Waals surface area (Å²) in [7, 11) is 0. The van der Waals surface area contributed by atoms with Crippen LogP contribution < -0.4 is 16.0 Å². The Morgan fingerprint density at radius 1 is 1.24 bits per heavy atom. The highest BCUT2D eigenvalue weighted by atomic mass is 16.2. The van der Waals surface area contributed by atoms with Gasteiger partial charge in [0.05, 0.1) is 6.54 Å². The van der Waals surface area contributed by atoms with Crippen LogP contribution in [0.15, 0.2) is 0 Å². The summed E-state index contributed by atoms with van der Waals surface area (Å²) >= 11 is 0. The molecule has 1 aliphatic heterocycles. The fourth-order valence-corrected chi connectivity index (χ4v) is 1.86. The van der Waals surface area contributed by atoms with Crippen molar-refractivity contribution in [1.82, 2.24) is 16.0 Å². The predicted octanol–water partition coefficient (Wildman–Crippen LogP) is 0.0169. The lowest BCUT2D eigenvalue weighted by molar-refractivity contribution is -0.129. The van der Waals surface area contributed by atoms with Gasteiger partial charge in [0.25, 0.3) is 0 Å². The zero-order valence-corrected chi connectivity index (χ0v) is 10.9. The van der Waals surface area contributed by atoms with Crippen LogP contribution in [0.3, 0.4) is 0 Å². The molecule has 17 heavy (non-hydrogen) atoms. The molecule has 1 saturated heterocycles. The van der Waals surface area contributed by atoms with Gasteiger partial charge in [-0.25, -0.2) is 0 Å². The van der Waals surface area contributed by atoms with Gasteiger partial charge in [-0.1, -0.05) is 0 Å². The molecule has 0 spiro atoms. The molecule has 98 valence electrons. The summed E-state index contributed by atoms with van der Waals surface area (Å²) in [5.41, 5.74) is -0.253. The van der Waals surface area contributed by atoms with E-state index in [-0.39, 0.29) is 29.8 Å². The summed E-state index contributed by atoms with van der Waals surface area (Å²) in [6, 6.07) is 0. The highest BCUT2D eigenvalue weighted by Crippen LogP contribution is 2.10. The molecule has 5 heteroatoms. The summed E-state index contributed by atoms with van der Waals surface area (Å²) in [4.78, 5) is 23.3. The van der Waals surface area contributed by atoms with Gasteiger partial charge in [0, 0.05) is 11.5 Å². The standard InChI is InChI=1S/C12H23N3O2/c1-12(2,3)15-10(16)8-14-11(17)9-4-6-13-7-5-9/h9,13H,4-8H2,1-3H3,(H,14,17)(H,15,16). The fourth-order valence-electron chi connectivity index (χ4n) is 1.86. The van der Waals surface area contributed by atoms with Gasteiger partial charge < -0.3 is 16.0 Å². The lowest BCUT2D eigenvalue weighted by Gasteiger charge is -2.23. The normalized spacial score (nSPS) is 17.6. The lowest BCUT2D eigenvalue weighted by Crippen LogP contribution is -2.47. The molecule has 2 amide bonds. The van der Waals surface area contributed by atoms with Gasteiger partial charge in [-0.3, -0.25) is 9.59 Å². The molecule has 3 N–H and O–H groups in total. The Hall–Kier alpha value is -1.10. The molecule has 1 aliphatic rings. The van der Waals surface area contributed by atoms with Crippen molar-refractivity contribution in [3.05, 3.63) is 0 Å². The van der Waals surface area contributed by atoms with Crippen molar-refractivity contribution in [3.8, 4) is 0 Å². The van der Waals surface area contributed by atoms with Crippen LogP contribution in [-0.2, 0) is 9.59 Å². The monoisotopic (exact) mass is 241 g/mol. The molecule has 0 radical (unpaired) electrons. The molecule has 1 heterocycles. The van der Waals surface area contributed by atoms with Crippen molar-refractivity contribution in [1.29, 1.82) is 0 Å². The second kappa shape index (κ2) is 6.00. The van der Waals surface area contributed by atoms with E-state index in [4.69, 9.17) is 0 Å². The molecule has 0 aliphatic carbocycles. The number of carbonyl (C=O) groups is 2. The highest BCUT2D eigenvalue weighted by Gasteiger charge is 2.21. The second-order valence-corrected chi connectivity index (χ2v) is 5.54. The Bertz CT molecular complexity index is 278. The Labute approximate surface area is 103 Å². The molecule has 5 nitrogen and oxygen atoms in total. The summed E-state index contributed by atoms with van der Waals surface area (Å²) in [5, 5.41) is 8.71. The van der Waals surface area contributed by atoms with Gasteiger partial charge >= 0.3 is 0 Å². The summed E-state index contributed by atoms with van der Waals surface area (Å²) in [5.74, 6) is -0.0889. The third kappa shape index (κ3) is 5.68. The van der Waals surface area contributed by atoms with E-state index >= 15 is 0 Å². The molecule has 1 fully saturated rings. The maximum absolute atomic E-state index is 11.7. The maximum Gasteiger partial charge on any atom is 0.239 e. The van der Waals surface area contributed by atoms with E-state index in [1.54, 1.807) is 0 Å². The van der Waals surface area contributed by atoms with Crippen LogP contribution >= 0.6 is 0 Å². The van der Waals surface area contributed by atoms with Gasteiger partial charge in [-0.15, -0.1) is 0 Å². The van der Waals surface area contributed by atoms with Gasteiger partial charge in [-0.05, 0) is 46.7 Å². The second-order valence-electron chi connectivity index (χ2n) is 5.54. The Morgan fingerprint density at radius 2 is 1.82 bits per heavy atom. The van der Waals surface area contributed by atoms with E-state index in [1.165, 1.54) is 0 Å². The Balaban J connectivity index is 2.25. The van der Waals surface area contributed by atoms with Crippen LogP contribution in [0.25, 0.3) is 0 Å². The highest BCUT2D eigenvalue weighted by molar-refractivity contribution is 5.86. The molecule has 0 atom stereocenters. The first-order valence-electron chi connectivity index (χ1n) is 6.18. The van der Waals surface area contributed by atoms with Gasteiger partial charge in [0.1, 0.15) is 0 Å². The van der Waals surface area contributed by atoms with Gasteiger partial charge in [0.15, 0.2) is 0 Å². The average molecular weight is 241 g/mol. The molecule has 0 aromatic heterocycles. The number of hydrogen-bond acceptors (Lipinski definition) is 3. The number of nitrogens with one attached hydrogen (secondary N) is 3. The van der Waals surface area contributed by atoms with Crippen molar-refractivity contribution in [3.63, 3.8) is 0 Å². The molecular formula is C12H23N3O2. The average Bonchev–Trinajstić information content (AvgIpc) is 2.25. The van der Waals surface area contributed by atoms with Crippen LogP contribution in [-0.4, -0.2) is 37.0 Å². The zero-order valence-electron chi connectivity index (χ0n) is 10.9. The first-order valence-corrected chi connectivity index (χ1v) is 6.18. The third-order valence-corrected chi connectivity index (χ3v) is 2.65. The van der Waals surface area contributed by atoms with Crippen LogP contribution in [0.4, 0.5) is 0 Å². The number of amides is 2. The van der Waals surface area contributed by atoms with Crippen LogP contribution in [0, 0.1) is 5.92 Å². The third-order valence-electron chi connectivity index (χ3n) is 2.65. The minimum absolute atomic E-state index is 0.00411. The molecule has 0 bridgehead atoms. The molecular weight excluding hydrogens is 218 g/mol.